The lowest BCUT2D eigenvalue weighted by Gasteiger charge is -2.12. The summed E-state index contributed by atoms with van der Waals surface area (Å²) in [6.45, 7) is 1.93. The van der Waals surface area contributed by atoms with Crippen LogP contribution in [0, 0.1) is 12.3 Å². The van der Waals surface area contributed by atoms with E-state index in [9.17, 15) is 26.4 Å². The molecule has 1 heterocycles. The van der Waals surface area contributed by atoms with Crippen molar-refractivity contribution in [2.75, 3.05) is 18.2 Å². The lowest BCUT2D eigenvalue weighted by molar-refractivity contribution is -0.114. The van der Waals surface area contributed by atoms with Crippen LogP contribution in [0.2, 0.25) is 0 Å². The van der Waals surface area contributed by atoms with Gasteiger partial charge in [-0.2, -0.15) is 23.3 Å². The van der Waals surface area contributed by atoms with Crippen LogP contribution in [0.4, 0.5) is 18.9 Å². The van der Waals surface area contributed by atoms with Gasteiger partial charge in [-0.1, -0.05) is 12.0 Å². The Labute approximate surface area is 193 Å². The van der Waals surface area contributed by atoms with Crippen LogP contribution in [0.3, 0.4) is 0 Å². The van der Waals surface area contributed by atoms with Crippen molar-refractivity contribution < 1.29 is 35.9 Å². The fraction of sp³-hybridized carbons (Fsp3) is 0.182. The van der Waals surface area contributed by atoms with E-state index in [4.69, 9.17) is 21.0 Å². The van der Waals surface area contributed by atoms with Crippen molar-refractivity contribution >= 4 is 33.4 Å². The summed E-state index contributed by atoms with van der Waals surface area (Å²) in [5.74, 6) is 1.77. The van der Waals surface area contributed by atoms with Gasteiger partial charge in [-0.25, -0.2) is 13.6 Å². The van der Waals surface area contributed by atoms with Gasteiger partial charge in [-0.3, -0.25) is 4.79 Å². The number of nitrogens with zero attached hydrogens (tertiary/aromatic N) is 2. The van der Waals surface area contributed by atoms with E-state index in [0.717, 1.165) is 30.3 Å². The minimum Gasteiger partial charge on any atom is -0.490 e. The summed E-state index contributed by atoms with van der Waals surface area (Å²) >= 11 is 0. The van der Waals surface area contributed by atoms with Crippen molar-refractivity contribution in [3.63, 3.8) is 0 Å². The SMILES string of the molecule is C#CCOc1ccc(C=C2C(=O)N(c3ccc(S(N)(=O)=O)cc3)N=C2C(F)(F)F)cc1OCC. The van der Waals surface area contributed by atoms with Crippen LogP contribution in [0.15, 0.2) is 58.0 Å². The van der Waals surface area contributed by atoms with Gasteiger partial charge >= 0.3 is 6.18 Å². The summed E-state index contributed by atoms with van der Waals surface area (Å²) in [5, 5.41) is 9.01. The van der Waals surface area contributed by atoms with Gasteiger partial charge in [-0.15, -0.1) is 6.42 Å². The molecule has 12 heteroatoms. The number of carbonyl (C=O) groups excluding carboxylic acids is 1. The molecule has 2 aromatic carbocycles. The molecule has 0 atom stereocenters. The summed E-state index contributed by atoms with van der Waals surface area (Å²) in [4.78, 5) is 12.6. The molecule has 2 N–H and O–H groups in total. The number of ether oxygens (including phenoxy) is 2. The predicted octanol–water partition coefficient (Wildman–Crippen LogP) is 3.09. The average molecular weight is 493 g/mol. The van der Waals surface area contributed by atoms with E-state index in [-0.39, 0.29) is 35.1 Å². The zero-order chi connectivity index (χ0) is 25.1. The average Bonchev–Trinajstić information content (AvgIpc) is 3.09. The third-order valence-electron chi connectivity index (χ3n) is 4.45. The number of hydrogen-bond acceptors (Lipinski definition) is 6. The maximum Gasteiger partial charge on any atom is 0.435 e. The van der Waals surface area contributed by atoms with Crippen molar-refractivity contribution in [1.82, 2.24) is 0 Å². The molecule has 34 heavy (non-hydrogen) atoms. The largest absolute Gasteiger partial charge is 0.490 e. The zero-order valence-corrected chi connectivity index (χ0v) is 18.5. The molecule has 178 valence electrons. The number of rotatable bonds is 7. The number of halogens is 3. The van der Waals surface area contributed by atoms with Crippen molar-refractivity contribution in [1.29, 1.82) is 0 Å². The van der Waals surface area contributed by atoms with E-state index >= 15 is 0 Å². The van der Waals surface area contributed by atoms with Crippen molar-refractivity contribution in [3.8, 4) is 23.8 Å². The molecule has 0 saturated carbocycles. The molecule has 8 nitrogen and oxygen atoms in total. The number of primary sulfonamides is 1. The highest BCUT2D eigenvalue weighted by Gasteiger charge is 2.46. The fourth-order valence-electron chi connectivity index (χ4n) is 2.99. The van der Waals surface area contributed by atoms with Crippen LogP contribution in [-0.2, 0) is 14.8 Å². The molecule has 3 rings (SSSR count). The molecule has 2 aromatic rings. The lowest BCUT2D eigenvalue weighted by atomic mass is 10.1. The Morgan fingerprint density at radius 2 is 1.82 bits per heavy atom. The molecular weight excluding hydrogens is 475 g/mol. The van der Waals surface area contributed by atoms with Crippen LogP contribution in [0.25, 0.3) is 6.08 Å². The molecule has 0 spiro atoms. The second kappa shape index (κ2) is 9.58. The molecule has 1 amide bonds. The maximum atomic E-state index is 13.7. The quantitative estimate of drug-likeness (QED) is 0.471. The van der Waals surface area contributed by atoms with Gasteiger partial charge in [0.15, 0.2) is 17.2 Å². The number of sulfonamides is 1. The molecule has 0 unspecified atom stereocenters. The minimum atomic E-state index is -4.94. The van der Waals surface area contributed by atoms with Crippen molar-refractivity contribution in [2.45, 2.75) is 18.0 Å². The van der Waals surface area contributed by atoms with E-state index in [1.807, 2.05) is 0 Å². The molecule has 1 aliphatic heterocycles. The summed E-state index contributed by atoms with van der Waals surface area (Å²) in [5.41, 5.74) is -1.96. The van der Waals surface area contributed by atoms with Gasteiger partial charge in [0.05, 0.1) is 22.8 Å². The summed E-state index contributed by atoms with van der Waals surface area (Å²) in [6, 6.07) is 8.69. The summed E-state index contributed by atoms with van der Waals surface area (Å²) in [7, 11) is -4.02. The number of carbonyl (C=O) groups is 1. The molecular formula is C22H18F3N3O5S. The number of benzene rings is 2. The maximum absolute atomic E-state index is 13.7. The third kappa shape index (κ3) is 5.38. The number of amides is 1. The van der Waals surface area contributed by atoms with Gasteiger partial charge in [-0.05, 0) is 55.0 Å². The first kappa shape index (κ1) is 24.8. The highest BCUT2D eigenvalue weighted by molar-refractivity contribution is 7.89. The molecule has 0 saturated heterocycles. The Morgan fingerprint density at radius 3 is 2.38 bits per heavy atom. The van der Waals surface area contributed by atoms with E-state index in [0.29, 0.717) is 10.8 Å². The third-order valence-corrected chi connectivity index (χ3v) is 5.38. The molecule has 0 aliphatic carbocycles. The predicted molar refractivity (Wildman–Crippen MR) is 119 cm³/mol. The lowest BCUT2D eigenvalue weighted by Crippen LogP contribution is -2.25. The molecule has 1 aliphatic rings. The Bertz CT molecular complexity index is 1310. The minimum absolute atomic E-state index is 0.0386. The monoisotopic (exact) mass is 493 g/mol. The first-order chi connectivity index (χ1) is 16.0. The topological polar surface area (TPSA) is 111 Å². The number of nitrogens with two attached hydrogens (primary N) is 1. The summed E-state index contributed by atoms with van der Waals surface area (Å²) < 4.78 is 74.7. The molecule has 0 aromatic heterocycles. The fourth-order valence-corrected chi connectivity index (χ4v) is 3.51. The van der Waals surface area contributed by atoms with Gasteiger partial charge in [0.1, 0.15) is 6.61 Å². The highest BCUT2D eigenvalue weighted by atomic mass is 32.2. The molecule has 0 bridgehead atoms. The van der Waals surface area contributed by atoms with Crippen molar-refractivity contribution in [2.24, 2.45) is 10.2 Å². The van der Waals surface area contributed by atoms with Crippen LogP contribution < -0.4 is 19.6 Å². The van der Waals surface area contributed by atoms with E-state index < -0.39 is 33.4 Å². The number of terminal acetylenes is 1. The van der Waals surface area contributed by atoms with E-state index in [2.05, 4.69) is 11.0 Å². The van der Waals surface area contributed by atoms with Gasteiger partial charge < -0.3 is 9.47 Å². The summed E-state index contributed by atoms with van der Waals surface area (Å²) in [6.07, 6.45) is 1.27. The first-order valence-corrected chi connectivity index (χ1v) is 11.2. The second-order valence-electron chi connectivity index (χ2n) is 6.79. The van der Waals surface area contributed by atoms with Crippen LogP contribution in [-0.4, -0.2) is 39.4 Å². The highest BCUT2D eigenvalue weighted by Crippen LogP contribution is 2.34. The molecule has 0 radical (unpaired) electrons. The number of hydrogen-bond donors (Lipinski definition) is 1. The number of hydrazone groups is 1. The Morgan fingerprint density at radius 1 is 1.15 bits per heavy atom. The van der Waals surface area contributed by atoms with Crippen LogP contribution in [0.1, 0.15) is 12.5 Å². The normalized spacial score (nSPS) is 15.3. The standard InChI is InChI=1S/C22H18F3N3O5S/c1-3-11-33-18-10-5-14(13-19(18)32-4-2)12-17-20(22(23,24)25)27-28(21(17)29)15-6-8-16(9-7-15)34(26,30)31/h1,5-10,12-13H,4,11H2,2H3,(H2,26,30,31). The van der Waals surface area contributed by atoms with E-state index in [1.54, 1.807) is 6.92 Å². The zero-order valence-electron chi connectivity index (χ0n) is 17.7. The Hall–Kier alpha value is -3.82. The number of alkyl halides is 3. The van der Waals surface area contributed by atoms with Crippen LogP contribution in [0.5, 0.6) is 11.5 Å². The van der Waals surface area contributed by atoms with Gasteiger partial charge in [0, 0.05) is 0 Å². The first-order valence-electron chi connectivity index (χ1n) is 9.64. The van der Waals surface area contributed by atoms with Crippen LogP contribution >= 0.6 is 0 Å². The molecule has 0 fully saturated rings. The smallest absolute Gasteiger partial charge is 0.435 e. The van der Waals surface area contributed by atoms with Crippen molar-refractivity contribution in [3.05, 3.63) is 53.6 Å². The van der Waals surface area contributed by atoms with E-state index in [1.165, 1.54) is 18.2 Å². The van der Waals surface area contributed by atoms with Gasteiger partial charge in [0.2, 0.25) is 10.0 Å². The van der Waals surface area contributed by atoms with Gasteiger partial charge in [0.25, 0.3) is 5.91 Å². The Kier molecular flexibility index (Phi) is 6.99. The second-order valence-corrected chi connectivity index (χ2v) is 8.35. The Balaban J connectivity index is 2.02. The number of anilines is 1.